The minimum Gasteiger partial charge on any atom is -0.329 e. The zero-order chi connectivity index (χ0) is 12.4. The summed E-state index contributed by atoms with van der Waals surface area (Å²) in [5, 5.41) is 0. The Labute approximate surface area is 110 Å². The lowest BCUT2D eigenvalue weighted by Crippen LogP contribution is -2.60. The van der Waals surface area contributed by atoms with Gasteiger partial charge in [-0.1, -0.05) is 0 Å². The average Bonchev–Trinajstić information content (AvgIpc) is 2.80. The molecule has 2 aliphatic rings. The van der Waals surface area contributed by atoms with Gasteiger partial charge in [-0.2, -0.15) is 11.8 Å². The third-order valence-electron chi connectivity index (χ3n) is 4.61. The lowest BCUT2D eigenvalue weighted by atomic mass is 9.95. The predicted octanol–water partition coefficient (Wildman–Crippen LogP) is 1.09. The maximum absolute atomic E-state index is 6.04. The van der Waals surface area contributed by atoms with Gasteiger partial charge in [0.15, 0.2) is 0 Å². The topological polar surface area (TPSA) is 32.5 Å². The fourth-order valence-corrected chi connectivity index (χ4v) is 4.54. The van der Waals surface area contributed by atoms with Crippen molar-refractivity contribution in [3.05, 3.63) is 0 Å². The van der Waals surface area contributed by atoms with Crippen molar-refractivity contribution in [2.75, 3.05) is 38.2 Å². The van der Waals surface area contributed by atoms with Crippen LogP contribution in [0.4, 0.5) is 0 Å². The van der Waals surface area contributed by atoms with Crippen molar-refractivity contribution in [1.82, 2.24) is 9.80 Å². The zero-order valence-corrected chi connectivity index (χ0v) is 12.2. The molecule has 0 amide bonds. The number of hydrogen-bond donors (Lipinski definition) is 1. The first kappa shape index (κ1) is 13.7. The Morgan fingerprint density at radius 3 is 2.41 bits per heavy atom. The number of thioether (sulfide) groups is 1. The summed E-state index contributed by atoms with van der Waals surface area (Å²) in [6, 6.07) is 1.92. The molecule has 17 heavy (non-hydrogen) atoms. The first-order valence-corrected chi connectivity index (χ1v) is 8.02. The van der Waals surface area contributed by atoms with E-state index in [9.17, 15) is 0 Å². The maximum Gasteiger partial charge on any atom is 0.0256 e. The lowest BCUT2D eigenvalue weighted by Gasteiger charge is -2.46. The summed E-state index contributed by atoms with van der Waals surface area (Å²) < 4.78 is 0. The number of hydrogen-bond acceptors (Lipinski definition) is 4. The van der Waals surface area contributed by atoms with Crippen molar-refractivity contribution >= 4 is 11.8 Å². The van der Waals surface area contributed by atoms with E-state index in [0.717, 1.165) is 12.5 Å². The number of piperazine rings is 1. The molecule has 2 heterocycles. The molecule has 4 atom stereocenters. The molecule has 3 nitrogen and oxygen atoms in total. The minimum atomic E-state index is 0.614. The van der Waals surface area contributed by atoms with E-state index in [1.807, 2.05) is 0 Å². The quantitative estimate of drug-likeness (QED) is 0.820. The Bertz CT molecular complexity index is 231. The minimum absolute atomic E-state index is 0.614. The van der Waals surface area contributed by atoms with Crippen LogP contribution in [0.1, 0.15) is 20.3 Å². The summed E-state index contributed by atoms with van der Waals surface area (Å²) in [6.07, 6.45) is 1.36. The molecule has 0 aromatic carbocycles. The Morgan fingerprint density at radius 1 is 1.29 bits per heavy atom. The molecule has 0 spiro atoms. The normalized spacial score (nSPS) is 38.5. The van der Waals surface area contributed by atoms with Gasteiger partial charge in [0.05, 0.1) is 0 Å². The van der Waals surface area contributed by atoms with Gasteiger partial charge in [-0.3, -0.25) is 9.80 Å². The van der Waals surface area contributed by atoms with Crippen LogP contribution in [0.2, 0.25) is 0 Å². The van der Waals surface area contributed by atoms with Gasteiger partial charge in [0.1, 0.15) is 0 Å². The molecular formula is C13H27N3S. The van der Waals surface area contributed by atoms with Crippen LogP contribution in [0.3, 0.4) is 0 Å². The van der Waals surface area contributed by atoms with Crippen LogP contribution in [0.15, 0.2) is 0 Å². The van der Waals surface area contributed by atoms with E-state index >= 15 is 0 Å². The van der Waals surface area contributed by atoms with Gasteiger partial charge in [-0.15, -0.1) is 0 Å². The van der Waals surface area contributed by atoms with E-state index in [4.69, 9.17) is 5.73 Å². The van der Waals surface area contributed by atoms with Gasteiger partial charge in [-0.25, -0.2) is 0 Å². The van der Waals surface area contributed by atoms with Crippen LogP contribution in [0.25, 0.3) is 0 Å². The molecule has 0 aromatic rings. The molecule has 0 saturated carbocycles. The Morgan fingerprint density at radius 2 is 1.94 bits per heavy atom. The SMILES string of the molecule is CC1CN(C(CN)C2CCSC2)CC(C)N1C. The molecule has 2 N–H and O–H groups in total. The van der Waals surface area contributed by atoms with Gasteiger partial charge >= 0.3 is 0 Å². The first-order chi connectivity index (χ1) is 8.13. The summed E-state index contributed by atoms with van der Waals surface area (Å²) in [5.74, 6) is 3.48. The van der Waals surface area contributed by atoms with Gasteiger partial charge in [0.25, 0.3) is 0 Å². The van der Waals surface area contributed by atoms with Crippen LogP contribution in [0.5, 0.6) is 0 Å². The average molecular weight is 257 g/mol. The van der Waals surface area contributed by atoms with Gasteiger partial charge in [0.2, 0.25) is 0 Å². The van der Waals surface area contributed by atoms with Crippen molar-refractivity contribution in [3.8, 4) is 0 Å². The van der Waals surface area contributed by atoms with Crippen LogP contribution < -0.4 is 5.73 Å². The first-order valence-electron chi connectivity index (χ1n) is 6.87. The van der Waals surface area contributed by atoms with Crippen LogP contribution in [-0.4, -0.2) is 66.1 Å². The smallest absolute Gasteiger partial charge is 0.0256 e. The lowest BCUT2D eigenvalue weighted by molar-refractivity contribution is 0.0221. The highest BCUT2D eigenvalue weighted by molar-refractivity contribution is 7.99. The second kappa shape index (κ2) is 5.91. The summed E-state index contributed by atoms with van der Waals surface area (Å²) in [6.45, 7) is 7.86. The predicted molar refractivity (Wildman–Crippen MR) is 76.5 cm³/mol. The Kier molecular flexibility index (Phi) is 4.75. The molecule has 0 aliphatic carbocycles. The zero-order valence-electron chi connectivity index (χ0n) is 11.4. The van der Waals surface area contributed by atoms with Crippen molar-refractivity contribution in [3.63, 3.8) is 0 Å². The van der Waals surface area contributed by atoms with Crippen LogP contribution >= 0.6 is 11.8 Å². The van der Waals surface area contributed by atoms with E-state index < -0.39 is 0 Å². The molecule has 0 radical (unpaired) electrons. The molecule has 2 aliphatic heterocycles. The summed E-state index contributed by atoms with van der Waals surface area (Å²) >= 11 is 2.10. The van der Waals surface area contributed by atoms with E-state index in [1.165, 1.54) is 31.0 Å². The summed E-state index contributed by atoms with van der Waals surface area (Å²) in [4.78, 5) is 5.15. The number of likely N-dealkylation sites (N-methyl/N-ethyl adjacent to an activating group) is 1. The molecule has 0 aromatic heterocycles. The fraction of sp³-hybridized carbons (Fsp3) is 1.00. The van der Waals surface area contributed by atoms with Gasteiger partial charge in [-0.05, 0) is 44.7 Å². The Hall–Kier alpha value is 0.230. The highest BCUT2D eigenvalue weighted by atomic mass is 32.2. The van der Waals surface area contributed by atoms with Crippen molar-refractivity contribution in [1.29, 1.82) is 0 Å². The molecule has 2 saturated heterocycles. The third-order valence-corrected chi connectivity index (χ3v) is 5.80. The highest BCUT2D eigenvalue weighted by Crippen LogP contribution is 2.30. The molecule has 0 bridgehead atoms. The fourth-order valence-electron chi connectivity index (χ4n) is 3.21. The highest BCUT2D eigenvalue weighted by Gasteiger charge is 2.34. The number of nitrogens with zero attached hydrogens (tertiary/aromatic N) is 2. The maximum atomic E-state index is 6.04. The van der Waals surface area contributed by atoms with E-state index in [-0.39, 0.29) is 0 Å². The monoisotopic (exact) mass is 257 g/mol. The molecule has 2 fully saturated rings. The second-order valence-corrected chi connectivity index (χ2v) is 6.89. The molecule has 4 unspecified atom stereocenters. The van der Waals surface area contributed by atoms with E-state index in [2.05, 4.69) is 42.5 Å². The summed E-state index contributed by atoms with van der Waals surface area (Å²) in [7, 11) is 2.25. The van der Waals surface area contributed by atoms with E-state index in [1.54, 1.807) is 0 Å². The molecule has 2 rings (SSSR count). The molecular weight excluding hydrogens is 230 g/mol. The van der Waals surface area contributed by atoms with Gasteiger partial charge < -0.3 is 5.73 Å². The summed E-state index contributed by atoms with van der Waals surface area (Å²) in [5.41, 5.74) is 6.04. The number of nitrogens with two attached hydrogens (primary N) is 1. The second-order valence-electron chi connectivity index (χ2n) is 5.74. The van der Waals surface area contributed by atoms with E-state index in [0.29, 0.717) is 18.1 Å². The molecule has 4 heteroatoms. The van der Waals surface area contributed by atoms with Crippen LogP contribution in [-0.2, 0) is 0 Å². The third kappa shape index (κ3) is 2.98. The standard InChI is InChI=1S/C13H27N3S/c1-10-7-16(8-11(2)15(10)3)13(6-14)12-4-5-17-9-12/h10-13H,4-9,14H2,1-3H3. The van der Waals surface area contributed by atoms with Gasteiger partial charge in [0, 0.05) is 37.8 Å². The largest absolute Gasteiger partial charge is 0.329 e. The van der Waals surface area contributed by atoms with Crippen LogP contribution in [0, 0.1) is 5.92 Å². The van der Waals surface area contributed by atoms with Crippen molar-refractivity contribution < 1.29 is 0 Å². The Balaban J connectivity index is 1.99. The van der Waals surface area contributed by atoms with Crippen molar-refractivity contribution in [2.24, 2.45) is 11.7 Å². The number of rotatable bonds is 3. The van der Waals surface area contributed by atoms with Crippen molar-refractivity contribution in [2.45, 2.75) is 38.4 Å². The molecule has 100 valence electrons.